The predicted molar refractivity (Wildman–Crippen MR) is 92.4 cm³/mol. The number of fused-ring (bicyclic) bond motifs is 1. The monoisotopic (exact) mass is 417 g/mol. The molecule has 0 bridgehead atoms. The van der Waals surface area contributed by atoms with Gasteiger partial charge in [0.25, 0.3) is 11.8 Å². The number of amides is 2. The maximum atomic E-state index is 12.4. The Morgan fingerprint density at radius 1 is 1.24 bits per heavy atom. The maximum Gasteiger partial charge on any atom is 2.00 e. The van der Waals surface area contributed by atoms with Crippen LogP contribution < -0.4 is 17.0 Å². The zero-order valence-electron chi connectivity index (χ0n) is 14.4. The average molecular weight is 419 g/mol. The van der Waals surface area contributed by atoms with E-state index >= 15 is 0 Å². The Bertz CT molecular complexity index is 600. The standard InChI is InChI=1S/C16H17NO4.C2H3.BrH.Mg/c1-4-7-10(2)13(16(20)21-3)17-14(18)11-8-5-6-9-12(11)15(17)19;1-2;;/h4-6,8-10,13H,1,7H2,2-3H3;1H,2H2;1H;/q;-1;;+2/p-1/t10-,13+;;;/m0.../s1. The van der Waals surface area contributed by atoms with Crippen LogP contribution in [-0.2, 0) is 9.53 Å². The van der Waals surface area contributed by atoms with Crippen LogP contribution in [0.2, 0.25) is 0 Å². The fraction of sp³-hybridized carbons (Fsp3) is 0.278. The molecule has 130 valence electrons. The van der Waals surface area contributed by atoms with Crippen LogP contribution in [0.4, 0.5) is 0 Å². The van der Waals surface area contributed by atoms with Crippen molar-refractivity contribution in [3.63, 3.8) is 0 Å². The first-order valence-electron chi connectivity index (χ1n) is 7.09. The summed E-state index contributed by atoms with van der Waals surface area (Å²) in [6.45, 7) is 12.4. The van der Waals surface area contributed by atoms with Gasteiger partial charge in [-0.05, 0) is 24.5 Å². The molecule has 1 aromatic rings. The summed E-state index contributed by atoms with van der Waals surface area (Å²) in [5.74, 6) is -1.78. The number of allylic oxidation sites excluding steroid dienone is 1. The van der Waals surface area contributed by atoms with Gasteiger partial charge < -0.3 is 28.3 Å². The van der Waals surface area contributed by atoms with Crippen molar-refractivity contribution in [3.8, 4) is 0 Å². The van der Waals surface area contributed by atoms with Crippen molar-refractivity contribution in [1.82, 2.24) is 4.90 Å². The normalized spacial score (nSPS) is 13.9. The summed E-state index contributed by atoms with van der Waals surface area (Å²) in [5, 5.41) is 0. The molecule has 2 rings (SSSR count). The number of methoxy groups -OCH3 is 1. The average Bonchev–Trinajstić information content (AvgIpc) is 2.82. The van der Waals surface area contributed by atoms with Gasteiger partial charge in [0, 0.05) is 0 Å². The molecule has 0 aromatic heterocycles. The number of carbonyl (C=O) groups excluding carboxylic acids is 3. The van der Waals surface area contributed by atoms with E-state index in [0.717, 1.165) is 4.90 Å². The third kappa shape index (κ3) is 5.26. The van der Waals surface area contributed by atoms with Gasteiger partial charge in [-0.2, -0.15) is 0 Å². The SMILES string of the molecule is C=CC[C@H](C)[C@H](C(=O)OC)N1C(=O)c2ccccc2C1=O.[Br-].[CH-]=C.[Mg+2]. The fourth-order valence-electron chi connectivity index (χ4n) is 2.57. The topological polar surface area (TPSA) is 63.7 Å². The molecule has 0 radical (unpaired) electrons. The van der Waals surface area contributed by atoms with E-state index in [2.05, 4.69) is 19.7 Å². The Labute approximate surface area is 175 Å². The van der Waals surface area contributed by atoms with Crippen LogP contribution in [-0.4, -0.2) is 58.9 Å². The fourth-order valence-corrected chi connectivity index (χ4v) is 2.57. The van der Waals surface area contributed by atoms with Crippen LogP contribution in [0.1, 0.15) is 34.1 Å². The first kappa shape index (κ1) is 25.8. The molecule has 0 saturated heterocycles. The van der Waals surface area contributed by atoms with E-state index in [1.807, 2.05) is 0 Å². The summed E-state index contributed by atoms with van der Waals surface area (Å²) in [7, 11) is 1.24. The summed E-state index contributed by atoms with van der Waals surface area (Å²) in [5.41, 5.74) is 0.643. The second-order valence-electron chi connectivity index (χ2n) is 5.00. The summed E-state index contributed by atoms with van der Waals surface area (Å²) < 4.78 is 4.77. The van der Waals surface area contributed by atoms with Crippen molar-refractivity contribution in [2.24, 2.45) is 5.92 Å². The quantitative estimate of drug-likeness (QED) is 0.208. The largest absolute Gasteiger partial charge is 2.00 e. The minimum absolute atomic E-state index is 0. The zero-order chi connectivity index (χ0) is 17.6. The van der Waals surface area contributed by atoms with Gasteiger partial charge >= 0.3 is 29.0 Å². The van der Waals surface area contributed by atoms with Crippen molar-refractivity contribution in [2.75, 3.05) is 7.11 Å². The molecule has 0 N–H and O–H groups in total. The van der Waals surface area contributed by atoms with Crippen molar-refractivity contribution in [1.29, 1.82) is 0 Å². The second-order valence-corrected chi connectivity index (χ2v) is 5.00. The predicted octanol–water partition coefficient (Wildman–Crippen LogP) is -0.735. The van der Waals surface area contributed by atoms with Crippen LogP contribution in [0.5, 0.6) is 0 Å². The second kappa shape index (κ2) is 12.0. The number of hydrogen-bond acceptors (Lipinski definition) is 4. The molecule has 2 atom stereocenters. The molecule has 7 heteroatoms. The molecule has 2 amide bonds. The summed E-state index contributed by atoms with van der Waals surface area (Å²) in [6, 6.07) is 5.60. The number of nitrogens with zero attached hydrogens (tertiary/aromatic N) is 1. The Balaban J connectivity index is 0. The molecular weight excluding hydrogens is 398 g/mol. The van der Waals surface area contributed by atoms with Crippen LogP contribution >= 0.6 is 0 Å². The van der Waals surface area contributed by atoms with E-state index in [1.165, 1.54) is 7.11 Å². The number of rotatable bonds is 5. The number of hydrogen-bond donors (Lipinski definition) is 0. The first-order valence-corrected chi connectivity index (χ1v) is 7.09. The van der Waals surface area contributed by atoms with E-state index in [-0.39, 0.29) is 46.0 Å². The molecule has 0 spiro atoms. The summed E-state index contributed by atoms with van der Waals surface area (Å²) in [6.07, 6.45) is 2.14. The number of benzene rings is 1. The van der Waals surface area contributed by atoms with E-state index in [1.54, 1.807) is 37.3 Å². The zero-order valence-corrected chi connectivity index (χ0v) is 17.4. The Hall–Kier alpha value is -1.44. The van der Waals surface area contributed by atoms with Crippen molar-refractivity contribution >= 4 is 40.8 Å². The molecule has 1 aliphatic rings. The van der Waals surface area contributed by atoms with Gasteiger partial charge in [-0.15, -0.1) is 6.58 Å². The van der Waals surface area contributed by atoms with Crippen molar-refractivity contribution in [3.05, 3.63) is 61.2 Å². The van der Waals surface area contributed by atoms with Gasteiger partial charge in [0.1, 0.15) is 6.04 Å². The van der Waals surface area contributed by atoms with E-state index in [9.17, 15) is 14.4 Å². The van der Waals surface area contributed by atoms with Crippen LogP contribution in [0, 0.1) is 12.5 Å². The summed E-state index contributed by atoms with van der Waals surface area (Å²) >= 11 is 0. The number of esters is 1. The van der Waals surface area contributed by atoms with Gasteiger partial charge in [0.2, 0.25) is 0 Å². The smallest absolute Gasteiger partial charge is 1.00 e. The number of carbonyl (C=O) groups is 3. The minimum Gasteiger partial charge on any atom is -1.00 e. The number of imide groups is 1. The third-order valence-electron chi connectivity index (χ3n) is 3.62. The van der Waals surface area contributed by atoms with Crippen LogP contribution in [0.15, 0.2) is 43.5 Å². The van der Waals surface area contributed by atoms with E-state index in [0.29, 0.717) is 17.5 Å². The van der Waals surface area contributed by atoms with E-state index < -0.39 is 23.8 Å². The van der Waals surface area contributed by atoms with Crippen LogP contribution in [0.3, 0.4) is 0 Å². The molecule has 0 unspecified atom stereocenters. The van der Waals surface area contributed by atoms with Gasteiger partial charge in [-0.3, -0.25) is 21.1 Å². The van der Waals surface area contributed by atoms with Gasteiger partial charge in [-0.1, -0.05) is 25.1 Å². The Morgan fingerprint density at radius 3 is 2.04 bits per heavy atom. The van der Waals surface area contributed by atoms with Gasteiger partial charge in [0.05, 0.1) is 18.2 Å². The van der Waals surface area contributed by atoms with E-state index in [4.69, 9.17) is 4.74 Å². The molecule has 5 nitrogen and oxygen atoms in total. The molecule has 1 heterocycles. The van der Waals surface area contributed by atoms with Crippen molar-refractivity contribution in [2.45, 2.75) is 19.4 Å². The Kier molecular flexibility index (Phi) is 12.4. The molecule has 1 aliphatic heterocycles. The molecule has 0 fully saturated rings. The number of halogens is 1. The van der Waals surface area contributed by atoms with Gasteiger partial charge in [-0.25, -0.2) is 4.79 Å². The minimum atomic E-state index is -0.944. The molecule has 0 aliphatic carbocycles. The maximum absolute atomic E-state index is 12.4. The molecule has 25 heavy (non-hydrogen) atoms. The third-order valence-corrected chi connectivity index (χ3v) is 3.62. The molecule has 0 saturated carbocycles. The van der Waals surface area contributed by atoms with Gasteiger partial charge in [0.15, 0.2) is 0 Å². The Morgan fingerprint density at radius 2 is 1.68 bits per heavy atom. The first-order chi connectivity index (χ1) is 11.0. The van der Waals surface area contributed by atoms with Crippen molar-refractivity contribution < 1.29 is 36.1 Å². The summed E-state index contributed by atoms with van der Waals surface area (Å²) in [4.78, 5) is 38.0. The molecular formula is C18H20BrMgNO4. The number of ether oxygens (including phenoxy) is 1. The van der Waals surface area contributed by atoms with Crippen LogP contribution in [0.25, 0.3) is 0 Å². The molecule has 1 aromatic carbocycles.